The molecule has 0 saturated heterocycles. The Labute approximate surface area is 122 Å². The maximum absolute atomic E-state index is 11.7. The fourth-order valence-electron chi connectivity index (χ4n) is 2.15. The molecule has 0 aliphatic heterocycles. The molecule has 0 aromatic heterocycles. The molecule has 0 N–H and O–H groups in total. The first-order chi connectivity index (χ1) is 9.77. The number of esters is 1. The number of ether oxygens (including phenoxy) is 1. The molecule has 0 atom stereocenters. The Bertz CT molecular complexity index is 361. The van der Waals surface area contributed by atoms with Crippen LogP contribution in [-0.2, 0) is 4.74 Å². The number of nitrogens with zero attached hydrogens (tertiary/aromatic N) is 1. The quantitative estimate of drug-likeness (QED) is 0.482. The minimum absolute atomic E-state index is 0.214. The molecule has 1 aromatic rings. The van der Waals surface area contributed by atoms with Gasteiger partial charge in [-0.15, -0.1) is 0 Å². The molecule has 0 unspecified atom stereocenters. The van der Waals surface area contributed by atoms with Crippen molar-refractivity contribution in [1.29, 1.82) is 0 Å². The van der Waals surface area contributed by atoms with Crippen LogP contribution in [0.1, 0.15) is 49.9 Å². The Morgan fingerprint density at radius 1 is 1.00 bits per heavy atom. The maximum Gasteiger partial charge on any atom is 0.338 e. The number of hydrogen-bond acceptors (Lipinski definition) is 3. The lowest BCUT2D eigenvalue weighted by Gasteiger charge is -2.17. The summed E-state index contributed by atoms with van der Waals surface area (Å²) in [5, 5.41) is 0. The highest BCUT2D eigenvalue weighted by Gasteiger charge is 2.05. The van der Waals surface area contributed by atoms with Crippen molar-refractivity contribution < 1.29 is 9.53 Å². The molecule has 3 nitrogen and oxygen atoms in total. The van der Waals surface area contributed by atoms with Crippen LogP contribution < -0.4 is 0 Å². The minimum atomic E-state index is -0.214. The van der Waals surface area contributed by atoms with Crippen molar-refractivity contribution in [1.82, 2.24) is 4.90 Å². The lowest BCUT2D eigenvalue weighted by atomic mass is 10.2. The molecule has 1 rings (SSSR count). The second-order valence-corrected chi connectivity index (χ2v) is 4.94. The fraction of sp³-hybridized carbons (Fsp3) is 0.588. The third-order valence-electron chi connectivity index (χ3n) is 3.51. The standard InChI is InChI=1S/C17H27NO2/c1-3-18(4-2)14-10-5-6-11-15-20-17(19)16-12-8-7-9-13-16/h7-9,12-13H,3-6,10-11,14-15H2,1-2H3. The largest absolute Gasteiger partial charge is 0.462 e. The van der Waals surface area contributed by atoms with Gasteiger partial charge >= 0.3 is 5.97 Å². The number of carbonyl (C=O) groups excluding carboxylic acids is 1. The molecule has 0 amide bonds. The Hall–Kier alpha value is -1.35. The zero-order valence-corrected chi connectivity index (χ0v) is 12.8. The van der Waals surface area contributed by atoms with Crippen LogP contribution in [0, 0.1) is 0 Å². The van der Waals surface area contributed by atoms with Gasteiger partial charge in [0.2, 0.25) is 0 Å². The summed E-state index contributed by atoms with van der Waals surface area (Å²) in [6.45, 7) is 8.37. The van der Waals surface area contributed by atoms with Crippen LogP contribution in [-0.4, -0.2) is 37.1 Å². The SMILES string of the molecule is CCN(CC)CCCCCCOC(=O)c1ccccc1. The van der Waals surface area contributed by atoms with E-state index in [-0.39, 0.29) is 5.97 Å². The number of hydrogen-bond donors (Lipinski definition) is 0. The minimum Gasteiger partial charge on any atom is -0.462 e. The highest BCUT2D eigenvalue weighted by atomic mass is 16.5. The molecule has 0 aliphatic carbocycles. The van der Waals surface area contributed by atoms with Gasteiger partial charge in [0.25, 0.3) is 0 Å². The van der Waals surface area contributed by atoms with Gasteiger partial charge in [-0.25, -0.2) is 4.79 Å². The molecular weight excluding hydrogens is 250 g/mol. The van der Waals surface area contributed by atoms with Crippen LogP contribution >= 0.6 is 0 Å². The first-order valence-electron chi connectivity index (χ1n) is 7.72. The molecule has 1 aromatic carbocycles. The smallest absolute Gasteiger partial charge is 0.338 e. The van der Waals surface area contributed by atoms with Crippen molar-refractivity contribution in [3.63, 3.8) is 0 Å². The van der Waals surface area contributed by atoms with Crippen LogP contribution in [0.5, 0.6) is 0 Å². The average molecular weight is 277 g/mol. The fourth-order valence-corrected chi connectivity index (χ4v) is 2.15. The van der Waals surface area contributed by atoms with E-state index in [0.717, 1.165) is 25.9 Å². The zero-order valence-electron chi connectivity index (χ0n) is 12.8. The first-order valence-corrected chi connectivity index (χ1v) is 7.72. The lowest BCUT2D eigenvalue weighted by molar-refractivity contribution is 0.0497. The van der Waals surface area contributed by atoms with Gasteiger partial charge < -0.3 is 9.64 Å². The van der Waals surface area contributed by atoms with Crippen LogP contribution in [0.15, 0.2) is 30.3 Å². The van der Waals surface area contributed by atoms with Crippen molar-refractivity contribution in [2.75, 3.05) is 26.2 Å². The molecule has 112 valence electrons. The van der Waals surface area contributed by atoms with E-state index in [2.05, 4.69) is 18.7 Å². The number of unbranched alkanes of at least 4 members (excludes halogenated alkanes) is 3. The molecule has 0 fully saturated rings. The van der Waals surface area contributed by atoms with Gasteiger partial charge in [-0.05, 0) is 44.6 Å². The molecule has 0 saturated carbocycles. The van der Waals surface area contributed by atoms with Crippen molar-refractivity contribution in [3.8, 4) is 0 Å². The summed E-state index contributed by atoms with van der Waals surface area (Å²) in [5.41, 5.74) is 0.633. The van der Waals surface area contributed by atoms with E-state index in [1.54, 1.807) is 12.1 Å². The first kappa shape index (κ1) is 16.7. The van der Waals surface area contributed by atoms with Crippen molar-refractivity contribution in [2.24, 2.45) is 0 Å². The summed E-state index contributed by atoms with van der Waals surface area (Å²) in [6, 6.07) is 9.17. The molecule has 0 radical (unpaired) electrons. The Balaban J connectivity index is 2.01. The third-order valence-corrected chi connectivity index (χ3v) is 3.51. The van der Waals surface area contributed by atoms with Gasteiger partial charge in [0, 0.05) is 0 Å². The maximum atomic E-state index is 11.7. The zero-order chi connectivity index (χ0) is 14.6. The van der Waals surface area contributed by atoms with Crippen molar-refractivity contribution >= 4 is 5.97 Å². The lowest BCUT2D eigenvalue weighted by Crippen LogP contribution is -2.23. The molecule has 0 bridgehead atoms. The van der Waals surface area contributed by atoms with Crippen LogP contribution in [0.25, 0.3) is 0 Å². The van der Waals surface area contributed by atoms with Crippen LogP contribution in [0.3, 0.4) is 0 Å². The highest BCUT2D eigenvalue weighted by molar-refractivity contribution is 5.89. The second kappa shape index (κ2) is 10.4. The van der Waals surface area contributed by atoms with E-state index in [1.807, 2.05) is 18.2 Å². The average Bonchev–Trinajstić information content (AvgIpc) is 2.51. The monoisotopic (exact) mass is 277 g/mol. The summed E-state index contributed by atoms with van der Waals surface area (Å²) >= 11 is 0. The Morgan fingerprint density at radius 3 is 2.30 bits per heavy atom. The predicted octanol–water partition coefficient (Wildman–Crippen LogP) is 3.75. The van der Waals surface area contributed by atoms with Gasteiger partial charge in [-0.3, -0.25) is 0 Å². The highest BCUT2D eigenvalue weighted by Crippen LogP contribution is 2.05. The van der Waals surface area contributed by atoms with Gasteiger partial charge in [-0.1, -0.05) is 44.9 Å². The summed E-state index contributed by atoms with van der Waals surface area (Å²) in [5.74, 6) is -0.214. The summed E-state index contributed by atoms with van der Waals surface area (Å²) in [4.78, 5) is 14.1. The van der Waals surface area contributed by atoms with Crippen molar-refractivity contribution in [2.45, 2.75) is 39.5 Å². The molecular formula is C17H27NO2. The molecule has 0 spiro atoms. The van der Waals surface area contributed by atoms with Gasteiger partial charge in [0.05, 0.1) is 12.2 Å². The molecule has 3 heteroatoms. The summed E-state index contributed by atoms with van der Waals surface area (Å²) in [6.07, 6.45) is 4.52. The third kappa shape index (κ3) is 6.71. The van der Waals surface area contributed by atoms with Gasteiger partial charge in [-0.2, -0.15) is 0 Å². The summed E-state index contributed by atoms with van der Waals surface area (Å²) < 4.78 is 5.25. The second-order valence-electron chi connectivity index (χ2n) is 4.94. The molecule has 20 heavy (non-hydrogen) atoms. The predicted molar refractivity (Wildman–Crippen MR) is 83.0 cm³/mol. The van der Waals surface area contributed by atoms with Gasteiger partial charge in [0.15, 0.2) is 0 Å². The van der Waals surface area contributed by atoms with E-state index in [1.165, 1.54) is 19.4 Å². The molecule has 0 aliphatic rings. The topological polar surface area (TPSA) is 29.5 Å². The number of benzene rings is 1. The van der Waals surface area contributed by atoms with E-state index in [0.29, 0.717) is 12.2 Å². The summed E-state index contributed by atoms with van der Waals surface area (Å²) in [7, 11) is 0. The van der Waals surface area contributed by atoms with E-state index < -0.39 is 0 Å². The number of carbonyl (C=O) groups is 1. The van der Waals surface area contributed by atoms with E-state index >= 15 is 0 Å². The van der Waals surface area contributed by atoms with E-state index in [4.69, 9.17) is 4.74 Å². The van der Waals surface area contributed by atoms with Crippen molar-refractivity contribution in [3.05, 3.63) is 35.9 Å². The van der Waals surface area contributed by atoms with Gasteiger partial charge in [0.1, 0.15) is 0 Å². The van der Waals surface area contributed by atoms with Crippen LogP contribution in [0.2, 0.25) is 0 Å². The van der Waals surface area contributed by atoms with E-state index in [9.17, 15) is 4.79 Å². The normalized spacial score (nSPS) is 10.8. The Kier molecular flexibility index (Phi) is 8.72. The Morgan fingerprint density at radius 2 is 1.65 bits per heavy atom. The van der Waals surface area contributed by atoms with Crippen LogP contribution in [0.4, 0.5) is 0 Å². The molecule has 0 heterocycles. The number of rotatable bonds is 10.